The summed E-state index contributed by atoms with van der Waals surface area (Å²) in [5.41, 5.74) is 17.5. The Morgan fingerprint density at radius 2 is 1.36 bits per heavy atom. The predicted octanol–water partition coefficient (Wildman–Crippen LogP) is 13.3. The Kier molecular flexibility index (Phi) is 6.48. The van der Waals surface area contributed by atoms with E-state index in [1.54, 1.807) is 0 Å². The molecule has 9 aromatic rings. The highest BCUT2D eigenvalue weighted by Crippen LogP contribution is 2.56. The molecule has 56 heavy (non-hydrogen) atoms. The van der Waals surface area contributed by atoms with E-state index in [-0.39, 0.29) is 17.4 Å². The minimum absolute atomic E-state index is 0.0805. The van der Waals surface area contributed by atoms with Gasteiger partial charge in [-0.3, -0.25) is 4.57 Å². The number of nitrogens with zero attached hydrogens (tertiary/aromatic N) is 3. The summed E-state index contributed by atoms with van der Waals surface area (Å²) in [4.78, 5) is 7.61. The summed E-state index contributed by atoms with van der Waals surface area (Å²) < 4.78 is 9.18. The van der Waals surface area contributed by atoms with Gasteiger partial charge in [0.1, 0.15) is 11.4 Å². The molecule has 0 spiro atoms. The fourth-order valence-corrected chi connectivity index (χ4v) is 9.83. The molecule has 0 saturated heterocycles. The normalized spacial score (nSPS) is 17.4. The van der Waals surface area contributed by atoms with Gasteiger partial charge in [0.2, 0.25) is 0 Å². The third-order valence-electron chi connectivity index (χ3n) is 12.5. The Bertz CT molecular complexity index is 3120. The van der Waals surface area contributed by atoms with Crippen LogP contribution in [-0.4, -0.2) is 15.6 Å². The van der Waals surface area contributed by atoms with E-state index >= 15 is 0 Å². The second kappa shape index (κ2) is 11.5. The number of aromatic nitrogens is 2. The first-order valence-corrected chi connectivity index (χ1v) is 19.5. The number of fused-ring (bicyclic) bond motifs is 10. The number of imidazole rings is 1. The molecule has 1 aliphatic heterocycles. The van der Waals surface area contributed by atoms with Crippen LogP contribution in [0.3, 0.4) is 0 Å². The number of benzene rings is 7. The van der Waals surface area contributed by atoms with E-state index in [0.717, 1.165) is 66.9 Å². The number of para-hydroxylation sites is 4. The van der Waals surface area contributed by atoms with Crippen LogP contribution in [0.2, 0.25) is 0 Å². The minimum Gasteiger partial charge on any atom is -0.454 e. The van der Waals surface area contributed by atoms with E-state index in [4.69, 9.17) is 9.40 Å². The van der Waals surface area contributed by atoms with Gasteiger partial charge in [-0.15, -0.1) is 0 Å². The van der Waals surface area contributed by atoms with Crippen LogP contribution in [0.4, 0.5) is 11.4 Å². The number of hydrogen-bond acceptors (Lipinski definition) is 3. The van der Waals surface area contributed by atoms with E-state index < -0.39 is 0 Å². The second-order valence-electron chi connectivity index (χ2n) is 15.9. The van der Waals surface area contributed by atoms with Crippen molar-refractivity contribution in [1.82, 2.24) is 9.55 Å². The zero-order valence-electron chi connectivity index (χ0n) is 31.1. The van der Waals surface area contributed by atoms with Gasteiger partial charge in [0, 0.05) is 39.0 Å². The lowest BCUT2D eigenvalue weighted by Gasteiger charge is -2.29. The molecule has 0 fully saturated rings. The van der Waals surface area contributed by atoms with Crippen molar-refractivity contribution in [2.75, 3.05) is 4.90 Å². The van der Waals surface area contributed by atoms with Crippen molar-refractivity contribution in [2.24, 2.45) is 0 Å². The summed E-state index contributed by atoms with van der Waals surface area (Å²) in [6.45, 7) is 4.73. The first-order valence-electron chi connectivity index (χ1n) is 19.5. The predicted molar refractivity (Wildman–Crippen MR) is 230 cm³/mol. The maximum Gasteiger partial charge on any atom is 0.159 e. The van der Waals surface area contributed by atoms with E-state index in [1.165, 1.54) is 33.5 Å². The van der Waals surface area contributed by atoms with Crippen molar-refractivity contribution in [1.29, 1.82) is 0 Å². The molecule has 0 radical (unpaired) electrons. The Hall–Kier alpha value is -6.91. The smallest absolute Gasteiger partial charge is 0.159 e. The standard InChI is InChI=1S/C52H37N3O/c1-52(2)42-18-8-6-15-36(42)40-30-41-37-16-7-10-20-45(37)55(48(41)31-43(40)52)47-22-12-17-39-38-28-27-34(29-49(38)56-50(39)47)32-23-25-33(26-24-32)51-53-44-19-9-11-21-46(44)54(51)35-13-4-3-5-14-35/h3-31,37,45H,1-2H3. The summed E-state index contributed by atoms with van der Waals surface area (Å²) >= 11 is 0. The molecule has 2 aliphatic carbocycles. The largest absolute Gasteiger partial charge is 0.454 e. The third-order valence-corrected chi connectivity index (χ3v) is 12.5. The van der Waals surface area contributed by atoms with E-state index in [9.17, 15) is 0 Å². The highest BCUT2D eigenvalue weighted by atomic mass is 16.3. The molecule has 2 atom stereocenters. The van der Waals surface area contributed by atoms with Crippen molar-refractivity contribution in [3.8, 4) is 39.3 Å². The zero-order valence-corrected chi connectivity index (χ0v) is 31.1. The molecule has 12 rings (SSSR count). The van der Waals surface area contributed by atoms with Crippen LogP contribution in [0.5, 0.6) is 0 Å². The first kappa shape index (κ1) is 31.4. The number of hydrogen-bond donors (Lipinski definition) is 0. The lowest BCUT2D eigenvalue weighted by molar-refractivity contribution is 0.659. The Labute approximate surface area is 325 Å². The highest BCUT2D eigenvalue weighted by Gasteiger charge is 2.43. The molecule has 3 heterocycles. The zero-order chi connectivity index (χ0) is 37.1. The Balaban J connectivity index is 0.949. The van der Waals surface area contributed by atoms with Crippen LogP contribution < -0.4 is 4.90 Å². The average molecular weight is 720 g/mol. The van der Waals surface area contributed by atoms with Crippen molar-refractivity contribution < 1.29 is 4.42 Å². The van der Waals surface area contributed by atoms with Crippen molar-refractivity contribution in [3.05, 3.63) is 193 Å². The summed E-state index contributed by atoms with van der Waals surface area (Å²) in [6, 6.07) is 54.9. The lowest BCUT2D eigenvalue weighted by atomic mass is 9.81. The second-order valence-corrected chi connectivity index (χ2v) is 15.9. The SMILES string of the molecule is CC1(C)c2ccccc2-c2cc3c(cc21)N(c1cccc2c1oc1cc(-c4ccc(-c5nc6ccccc6n5-c5ccccc5)cc4)ccc12)C1C=CC=CC31. The monoisotopic (exact) mass is 719 g/mol. The van der Waals surface area contributed by atoms with Crippen molar-refractivity contribution in [3.63, 3.8) is 0 Å². The Morgan fingerprint density at radius 3 is 2.25 bits per heavy atom. The summed E-state index contributed by atoms with van der Waals surface area (Å²) in [6.07, 6.45) is 9.12. The average Bonchev–Trinajstić information content (AvgIpc) is 3.97. The van der Waals surface area contributed by atoms with Gasteiger partial charge in [-0.25, -0.2) is 4.98 Å². The van der Waals surface area contributed by atoms with E-state index in [2.05, 4.69) is 187 Å². The number of anilines is 2. The minimum atomic E-state index is -0.0805. The van der Waals surface area contributed by atoms with Crippen LogP contribution >= 0.6 is 0 Å². The van der Waals surface area contributed by atoms with Crippen LogP contribution in [-0.2, 0) is 5.41 Å². The molecule has 0 amide bonds. The van der Waals surface area contributed by atoms with Gasteiger partial charge in [-0.1, -0.05) is 135 Å². The molecule has 266 valence electrons. The third kappa shape index (κ3) is 4.38. The van der Waals surface area contributed by atoms with Gasteiger partial charge in [-0.2, -0.15) is 0 Å². The van der Waals surface area contributed by atoms with E-state index in [0.29, 0.717) is 0 Å². The molecular formula is C52H37N3O. The molecule has 3 aliphatic rings. The molecule has 4 heteroatoms. The number of furan rings is 1. The highest BCUT2D eigenvalue weighted by molar-refractivity contribution is 6.10. The van der Waals surface area contributed by atoms with E-state index in [1.807, 2.05) is 12.1 Å². The number of rotatable bonds is 4. The van der Waals surface area contributed by atoms with Gasteiger partial charge in [0.05, 0.1) is 22.8 Å². The molecule has 0 N–H and O–H groups in total. The number of allylic oxidation sites excluding steroid dienone is 2. The topological polar surface area (TPSA) is 34.2 Å². The quantitative estimate of drug-likeness (QED) is 0.182. The summed E-state index contributed by atoms with van der Waals surface area (Å²) in [7, 11) is 0. The molecule has 0 saturated carbocycles. The van der Waals surface area contributed by atoms with Gasteiger partial charge < -0.3 is 9.32 Å². The molecule has 2 unspecified atom stereocenters. The first-order chi connectivity index (χ1) is 27.5. The van der Waals surface area contributed by atoms with Crippen molar-refractivity contribution >= 4 is 44.3 Å². The molecule has 2 aromatic heterocycles. The maximum absolute atomic E-state index is 6.93. The molecule has 0 bridgehead atoms. The van der Waals surface area contributed by atoms with Crippen molar-refractivity contribution in [2.45, 2.75) is 31.2 Å². The van der Waals surface area contributed by atoms with Crippen LogP contribution in [0.15, 0.2) is 180 Å². The lowest BCUT2D eigenvalue weighted by Crippen LogP contribution is -2.28. The fraction of sp³-hybridized carbons (Fsp3) is 0.0962. The molecular weight excluding hydrogens is 683 g/mol. The maximum atomic E-state index is 6.93. The van der Waals surface area contributed by atoms with Crippen LogP contribution in [0.25, 0.3) is 72.3 Å². The molecule has 4 nitrogen and oxygen atoms in total. The summed E-state index contributed by atoms with van der Waals surface area (Å²) in [5.74, 6) is 1.19. The Morgan fingerprint density at radius 1 is 0.589 bits per heavy atom. The van der Waals surface area contributed by atoms with Gasteiger partial charge in [0.15, 0.2) is 5.58 Å². The van der Waals surface area contributed by atoms with Crippen LogP contribution in [0, 0.1) is 0 Å². The molecule has 7 aromatic carbocycles. The van der Waals surface area contributed by atoms with Gasteiger partial charge in [0.25, 0.3) is 0 Å². The van der Waals surface area contributed by atoms with Crippen LogP contribution in [0.1, 0.15) is 36.5 Å². The fourth-order valence-electron chi connectivity index (χ4n) is 9.83. The van der Waals surface area contributed by atoms with Gasteiger partial charge >= 0.3 is 0 Å². The summed E-state index contributed by atoms with van der Waals surface area (Å²) in [5, 5.41) is 2.26. The van der Waals surface area contributed by atoms with Gasteiger partial charge in [-0.05, 0) is 93.5 Å².